The minimum atomic E-state index is -0.132. The van der Waals surface area contributed by atoms with E-state index in [1.54, 1.807) is 7.11 Å². The van der Waals surface area contributed by atoms with Crippen LogP contribution in [0.2, 0.25) is 0 Å². The highest BCUT2D eigenvalue weighted by molar-refractivity contribution is 7.99. The quantitative estimate of drug-likeness (QED) is 0.581. The summed E-state index contributed by atoms with van der Waals surface area (Å²) in [5.74, 6) is 2.21. The van der Waals surface area contributed by atoms with E-state index in [0.717, 1.165) is 22.6 Å². The molecule has 21 heavy (non-hydrogen) atoms. The standard InChI is InChI=1S/C16H27NO2S2/c1-7-19-15-12(10(2)3)8-11(4)14(18-6)13(15)9-17(5)16(20)21/h8,10,16,20-21H,7,9H2,1-6H3. The first-order valence-electron chi connectivity index (χ1n) is 7.22. The van der Waals surface area contributed by atoms with Crippen LogP contribution in [0.1, 0.15) is 43.4 Å². The van der Waals surface area contributed by atoms with Crippen molar-refractivity contribution in [1.82, 2.24) is 4.90 Å². The van der Waals surface area contributed by atoms with Crippen molar-refractivity contribution in [2.75, 3.05) is 20.8 Å². The minimum Gasteiger partial charge on any atom is -0.496 e. The van der Waals surface area contributed by atoms with Crippen LogP contribution >= 0.6 is 25.3 Å². The molecule has 0 aliphatic heterocycles. The van der Waals surface area contributed by atoms with E-state index in [1.807, 2.05) is 18.9 Å². The van der Waals surface area contributed by atoms with Crippen LogP contribution in [0.5, 0.6) is 11.5 Å². The number of hydrogen-bond donors (Lipinski definition) is 2. The highest BCUT2D eigenvalue weighted by Crippen LogP contribution is 2.40. The van der Waals surface area contributed by atoms with Gasteiger partial charge < -0.3 is 9.47 Å². The van der Waals surface area contributed by atoms with Gasteiger partial charge in [0.05, 0.1) is 24.0 Å². The third-order valence-corrected chi connectivity index (χ3v) is 4.25. The lowest BCUT2D eigenvalue weighted by Gasteiger charge is -2.26. The predicted molar refractivity (Wildman–Crippen MR) is 96.2 cm³/mol. The molecule has 3 nitrogen and oxygen atoms in total. The fraction of sp³-hybridized carbons (Fsp3) is 0.625. The van der Waals surface area contributed by atoms with Gasteiger partial charge in [0, 0.05) is 6.54 Å². The summed E-state index contributed by atoms with van der Waals surface area (Å²) in [5, 5.41) is 0. The Morgan fingerprint density at radius 1 is 1.24 bits per heavy atom. The van der Waals surface area contributed by atoms with Crippen LogP contribution in [0.15, 0.2) is 6.07 Å². The monoisotopic (exact) mass is 329 g/mol. The van der Waals surface area contributed by atoms with Crippen molar-refractivity contribution >= 4 is 25.3 Å². The second kappa shape index (κ2) is 8.20. The Bertz CT molecular complexity index is 476. The molecule has 0 N–H and O–H groups in total. The van der Waals surface area contributed by atoms with E-state index in [4.69, 9.17) is 9.47 Å². The van der Waals surface area contributed by atoms with Gasteiger partial charge in [-0.3, -0.25) is 4.90 Å². The molecular weight excluding hydrogens is 302 g/mol. The Hall–Kier alpha value is -0.520. The zero-order chi connectivity index (χ0) is 16.2. The Morgan fingerprint density at radius 2 is 1.86 bits per heavy atom. The molecule has 0 spiro atoms. The maximum atomic E-state index is 5.95. The largest absolute Gasteiger partial charge is 0.496 e. The number of thiol groups is 2. The summed E-state index contributed by atoms with van der Waals surface area (Å²) in [7, 11) is 3.69. The summed E-state index contributed by atoms with van der Waals surface area (Å²) in [6.07, 6.45) is 0. The molecule has 1 rings (SSSR count). The van der Waals surface area contributed by atoms with E-state index >= 15 is 0 Å². The molecule has 0 amide bonds. The van der Waals surface area contributed by atoms with Crippen molar-refractivity contribution in [1.29, 1.82) is 0 Å². The van der Waals surface area contributed by atoms with Crippen LogP contribution in [0.3, 0.4) is 0 Å². The van der Waals surface area contributed by atoms with Crippen molar-refractivity contribution in [3.63, 3.8) is 0 Å². The smallest absolute Gasteiger partial charge is 0.130 e. The molecule has 5 heteroatoms. The van der Waals surface area contributed by atoms with Crippen LogP contribution in [0, 0.1) is 6.92 Å². The molecule has 0 aliphatic carbocycles. The molecule has 0 atom stereocenters. The van der Waals surface area contributed by atoms with Gasteiger partial charge in [-0.05, 0) is 44.0 Å². The first-order chi connectivity index (χ1) is 9.83. The molecule has 0 radical (unpaired) electrons. The summed E-state index contributed by atoms with van der Waals surface area (Å²) in [4.78, 5) is 2.04. The number of benzene rings is 1. The maximum Gasteiger partial charge on any atom is 0.130 e. The van der Waals surface area contributed by atoms with Crippen LogP contribution in [0.4, 0.5) is 0 Å². The summed E-state index contributed by atoms with van der Waals surface area (Å²) >= 11 is 8.75. The Morgan fingerprint density at radius 3 is 2.29 bits per heavy atom. The first-order valence-corrected chi connectivity index (χ1v) is 8.26. The number of aryl methyl sites for hydroxylation is 1. The molecule has 0 saturated carbocycles. The fourth-order valence-electron chi connectivity index (χ4n) is 2.38. The van der Waals surface area contributed by atoms with Crippen molar-refractivity contribution in [2.24, 2.45) is 0 Å². The minimum absolute atomic E-state index is 0.132. The van der Waals surface area contributed by atoms with Crippen LogP contribution < -0.4 is 9.47 Å². The topological polar surface area (TPSA) is 21.7 Å². The van der Waals surface area contributed by atoms with E-state index in [1.165, 1.54) is 5.56 Å². The van der Waals surface area contributed by atoms with Crippen molar-refractivity contribution in [2.45, 2.75) is 44.9 Å². The lowest BCUT2D eigenvalue weighted by molar-refractivity contribution is 0.304. The fourth-order valence-corrected chi connectivity index (χ4v) is 2.55. The number of hydrogen-bond acceptors (Lipinski definition) is 5. The average Bonchev–Trinajstić information content (AvgIpc) is 2.41. The normalized spacial score (nSPS) is 11.6. The summed E-state index contributed by atoms with van der Waals surface area (Å²) in [6.45, 7) is 9.74. The highest BCUT2D eigenvalue weighted by atomic mass is 32.2. The average molecular weight is 330 g/mol. The van der Waals surface area contributed by atoms with Crippen molar-refractivity contribution in [3.05, 3.63) is 22.8 Å². The lowest BCUT2D eigenvalue weighted by Crippen LogP contribution is -2.23. The van der Waals surface area contributed by atoms with E-state index < -0.39 is 0 Å². The molecule has 0 aliphatic rings. The van der Waals surface area contributed by atoms with E-state index in [9.17, 15) is 0 Å². The zero-order valence-corrected chi connectivity index (χ0v) is 15.6. The zero-order valence-electron chi connectivity index (χ0n) is 13.8. The third kappa shape index (κ3) is 4.47. The second-order valence-electron chi connectivity index (χ2n) is 5.47. The van der Waals surface area contributed by atoms with Gasteiger partial charge in [-0.1, -0.05) is 13.8 Å². The SMILES string of the molecule is CCOc1c(C(C)C)cc(C)c(OC)c1CN(C)C(S)S. The second-order valence-corrected chi connectivity index (χ2v) is 6.86. The lowest BCUT2D eigenvalue weighted by atomic mass is 9.95. The molecule has 0 heterocycles. The van der Waals surface area contributed by atoms with Crippen LogP contribution in [-0.2, 0) is 6.54 Å². The summed E-state index contributed by atoms with van der Waals surface area (Å²) < 4.78 is 11.4. The molecule has 1 aromatic carbocycles. The van der Waals surface area contributed by atoms with Gasteiger partial charge in [-0.2, -0.15) is 0 Å². The van der Waals surface area contributed by atoms with Crippen molar-refractivity contribution < 1.29 is 9.47 Å². The molecular formula is C16H27NO2S2. The first kappa shape index (κ1) is 18.5. The van der Waals surface area contributed by atoms with Crippen molar-refractivity contribution in [3.8, 4) is 11.5 Å². The van der Waals surface area contributed by atoms with Gasteiger partial charge in [0.25, 0.3) is 0 Å². The number of nitrogens with zero attached hydrogens (tertiary/aromatic N) is 1. The molecule has 0 saturated heterocycles. The Balaban J connectivity index is 3.45. The third-order valence-electron chi connectivity index (χ3n) is 3.46. The van der Waals surface area contributed by atoms with Gasteiger partial charge in [-0.15, -0.1) is 25.3 Å². The highest BCUT2D eigenvalue weighted by Gasteiger charge is 2.22. The molecule has 120 valence electrons. The van der Waals surface area contributed by atoms with Gasteiger partial charge in [0.1, 0.15) is 11.5 Å². The van der Waals surface area contributed by atoms with Crippen LogP contribution in [-0.4, -0.2) is 30.4 Å². The van der Waals surface area contributed by atoms with Crippen LogP contribution in [0.25, 0.3) is 0 Å². The Kier molecular flexibility index (Phi) is 7.24. The summed E-state index contributed by atoms with van der Waals surface area (Å²) in [6, 6.07) is 2.16. The maximum absolute atomic E-state index is 5.95. The van der Waals surface area contributed by atoms with E-state index in [-0.39, 0.29) is 4.71 Å². The number of methoxy groups -OCH3 is 1. The van der Waals surface area contributed by atoms with Gasteiger partial charge in [0.15, 0.2) is 0 Å². The molecule has 0 bridgehead atoms. The summed E-state index contributed by atoms with van der Waals surface area (Å²) in [5.41, 5.74) is 3.41. The van der Waals surface area contributed by atoms with Gasteiger partial charge in [-0.25, -0.2) is 0 Å². The molecule has 0 fully saturated rings. The molecule has 0 unspecified atom stereocenters. The Labute approximate surface area is 139 Å². The van der Waals surface area contributed by atoms with Gasteiger partial charge in [0.2, 0.25) is 0 Å². The number of ether oxygens (including phenoxy) is 2. The van der Waals surface area contributed by atoms with Gasteiger partial charge >= 0.3 is 0 Å². The molecule has 1 aromatic rings. The molecule has 0 aromatic heterocycles. The predicted octanol–water partition coefficient (Wildman–Crippen LogP) is 4.10. The van der Waals surface area contributed by atoms with E-state index in [2.05, 4.69) is 52.1 Å². The number of rotatable bonds is 7. The van der Waals surface area contributed by atoms with E-state index in [0.29, 0.717) is 19.1 Å².